The Kier molecular flexibility index (Phi) is 5.51. The number of fused-ring (bicyclic) bond motifs is 1. The molecule has 0 saturated carbocycles. The van der Waals surface area contributed by atoms with E-state index in [9.17, 15) is 13.6 Å². The van der Waals surface area contributed by atoms with Crippen LogP contribution in [0.5, 0.6) is 0 Å². The smallest absolute Gasteiger partial charge is 0.272 e. The van der Waals surface area contributed by atoms with Crippen LogP contribution in [-0.2, 0) is 6.54 Å². The van der Waals surface area contributed by atoms with Crippen molar-refractivity contribution in [3.8, 4) is 0 Å². The first kappa shape index (κ1) is 21.1. The number of carbonyl (C=O) groups is 1. The van der Waals surface area contributed by atoms with Crippen molar-refractivity contribution in [2.75, 3.05) is 23.3 Å². The minimum atomic E-state index is -0.390. The maximum Gasteiger partial charge on any atom is 0.272 e. The lowest BCUT2D eigenvalue weighted by atomic mass is 10.2. The Morgan fingerprint density at radius 3 is 2.67 bits per heavy atom. The number of hydrogen-bond donors (Lipinski definition) is 2. The van der Waals surface area contributed by atoms with Crippen molar-refractivity contribution >= 4 is 28.3 Å². The molecule has 1 saturated heterocycles. The van der Waals surface area contributed by atoms with E-state index in [-0.39, 0.29) is 24.3 Å². The first-order chi connectivity index (χ1) is 16.0. The maximum absolute atomic E-state index is 13.8. The number of halogens is 2. The van der Waals surface area contributed by atoms with Crippen LogP contribution in [0.2, 0.25) is 0 Å². The van der Waals surface area contributed by atoms with Crippen LogP contribution in [0.4, 0.5) is 20.3 Å². The minimum absolute atomic E-state index is 0.149. The summed E-state index contributed by atoms with van der Waals surface area (Å²) in [7, 11) is 0. The molecule has 6 nitrogen and oxygen atoms in total. The summed E-state index contributed by atoms with van der Waals surface area (Å²) in [5.74, 6) is -0.290. The molecule has 0 bridgehead atoms. The zero-order valence-corrected chi connectivity index (χ0v) is 17.8. The van der Waals surface area contributed by atoms with Gasteiger partial charge in [-0.2, -0.15) is 0 Å². The SMILES string of the molecule is N[C@@H]1CCN(c2ccc(NC(=O)c3cc4cc(F)ccc4n3Cc3cccc(F)c3)cn2)C1. The summed E-state index contributed by atoms with van der Waals surface area (Å²) < 4.78 is 29.3. The summed E-state index contributed by atoms with van der Waals surface area (Å²) in [6.45, 7) is 1.88. The normalized spacial score (nSPS) is 15.8. The molecule has 3 heterocycles. The van der Waals surface area contributed by atoms with Gasteiger partial charge in [0.05, 0.1) is 11.9 Å². The van der Waals surface area contributed by atoms with Crippen LogP contribution >= 0.6 is 0 Å². The van der Waals surface area contributed by atoms with Gasteiger partial charge in [0.15, 0.2) is 0 Å². The number of hydrogen-bond acceptors (Lipinski definition) is 4. The van der Waals surface area contributed by atoms with Gasteiger partial charge in [-0.3, -0.25) is 4.79 Å². The Labute approximate surface area is 189 Å². The lowest BCUT2D eigenvalue weighted by Crippen LogP contribution is -2.26. The van der Waals surface area contributed by atoms with Gasteiger partial charge >= 0.3 is 0 Å². The molecule has 1 amide bonds. The van der Waals surface area contributed by atoms with Crippen molar-refractivity contribution in [3.05, 3.63) is 89.8 Å². The molecule has 1 aliphatic heterocycles. The second-order valence-electron chi connectivity index (χ2n) is 8.30. The third kappa shape index (κ3) is 4.42. The van der Waals surface area contributed by atoms with Gasteiger partial charge in [0.1, 0.15) is 23.1 Å². The highest BCUT2D eigenvalue weighted by Gasteiger charge is 2.21. The molecular formula is C25H23F2N5O. The number of carbonyl (C=O) groups excluding carboxylic acids is 1. The molecule has 168 valence electrons. The summed E-state index contributed by atoms with van der Waals surface area (Å²) in [5.41, 5.74) is 8.23. The monoisotopic (exact) mass is 447 g/mol. The average Bonchev–Trinajstić information content (AvgIpc) is 3.38. The summed E-state index contributed by atoms with van der Waals surface area (Å²) in [6.07, 6.45) is 2.53. The third-order valence-electron chi connectivity index (χ3n) is 5.88. The topological polar surface area (TPSA) is 76.2 Å². The quantitative estimate of drug-likeness (QED) is 0.482. The zero-order valence-electron chi connectivity index (χ0n) is 17.8. The van der Waals surface area contributed by atoms with E-state index in [1.807, 2.05) is 6.07 Å². The second kappa shape index (κ2) is 8.63. The van der Waals surface area contributed by atoms with Gasteiger partial charge in [-0.05, 0) is 60.5 Å². The summed E-state index contributed by atoms with van der Waals surface area (Å²) in [5, 5.41) is 3.46. The van der Waals surface area contributed by atoms with Crippen molar-refractivity contribution in [1.29, 1.82) is 0 Å². The fourth-order valence-electron chi connectivity index (χ4n) is 4.26. The maximum atomic E-state index is 13.8. The molecule has 5 rings (SSSR count). The van der Waals surface area contributed by atoms with Crippen molar-refractivity contribution in [3.63, 3.8) is 0 Å². The largest absolute Gasteiger partial charge is 0.355 e. The first-order valence-corrected chi connectivity index (χ1v) is 10.8. The highest BCUT2D eigenvalue weighted by Crippen LogP contribution is 2.24. The molecule has 0 radical (unpaired) electrons. The molecule has 1 fully saturated rings. The zero-order chi connectivity index (χ0) is 22.9. The minimum Gasteiger partial charge on any atom is -0.355 e. The van der Waals surface area contributed by atoms with Gasteiger partial charge in [-0.15, -0.1) is 0 Å². The van der Waals surface area contributed by atoms with Crippen molar-refractivity contribution in [1.82, 2.24) is 9.55 Å². The highest BCUT2D eigenvalue weighted by molar-refractivity contribution is 6.06. The van der Waals surface area contributed by atoms with Crippen LogP contribution in [0, 0.1) is 11.6 Å². The fourth-order valence-corrected chi connectivity index (χ4v) is 4.26. The van der Waals surface area contributed by atoms with Gasteiger partial charge in [-0.25, -0.2) is 13.8 Å². The predicted molar refractivity (Wildman–Crippen MR) is 124 cm³/mol. The summed E-state index contributed by atoms with van der Waals surface area (Å²) in [6, 6.07) is 16.0. The van der Waals surface area contributed by atoms with Crippen molar-refractivity contribution in [2.45, 2.75) is 19.0 Å². The molecule has 2 aromatic heterocycles. The number of benzene rings is 2. The Morgan fingerprint density at radius 1 is 1.09 bits per heavy atom. The number of nitrogens with one attached hydrogen (secondary N) is 1. The highest BCUT2D eigenvalue weighted by atomic mass is 19.1. The molecule has 33 heavy (non-hydrogen) atoms. The molecule has 0 spiro atoms. The van der Waals surface area contributed by atoms with Gasteiger partial charge in [0, 0.05) is 36.6 Å². The average molecular weight is 447 g/mol. The Hall–Kier alpha value is -3.78. The van der Waals surface area contributed by atoms with Crippen LogP contribution in [0.3, 0.4) is 0 Å². The Bertz CT molecular complexity index is 1320. The molecule has 0 aliphatic carbocycles. The van der Waals surface area contributed by atoms with Crippen molar-refractivity contribution in [2.24, 2.45) is 5.73 Å². The fraction of sp³-hybridized carbons (Fsp3) is 0.200. The Morgan fingerprint density at radius 2 is 1.94 bits per heavy atom. The molecule has 1 atom stereocenters. The van der Waals surface area contributed by atoms with Crippen LogP contribution in [0.15, 0.2) is 66.9 Å². The number of amides is 1. The van der Waals surface area contributed by atoms with Crippen LogP contribution < -0.4 is 16.0 Å². The van der Waals surface area contributed by atoms with E-state index in [0.717, 1.165) is 25.3 Å². The van der Waals surface area contributed by atoms with Crippen molar-refractivity contribution < 1.29 is 13.6 Å². The standard InChI is InChI=1S/C25H23F2N5O/c26-18-3-1-2-16(10-18)14-32-22-6-4-19(27)11-17(22)12-23(32)25(33)30-21-5-7-24(29-13-21)31-9-8-20(28)15-31/h1-7,10-13,20H,8-9,14-15,28H2,(H,30,33)/t20-/m1/s1. The number of aromatic nitrogens is 2. The number of nitrogens with two attached hydrogens (primary N) is 1. The van der Waals surface area contributed by atoms with Gasteiger partial charge < -0.3 is 20.5 Å². The van der Waals surface area contributed by atoms with Gasteiger partial charge in [0.25, 0.3) is 5.91 Å². The lowest BCUT2D eigenvalue weighted by Gasteiger charge is -2.17. The third-order valence-corrected chi connectivity index (χ3v) is 5.88. The molecule has 1 aliphatic rings. The molecular weight excluding hydrogens is 424 g/mol. The lowest BCUT2D eigenvalue weighted by molar-refractivity contribution is 0.101. The molecule has 4 aromatic rings. The van der Waals surface area contributed by atoms with E-state index in [1.165, 1.54) is 24.3 Å². The number of rotatable bonds is 5. The first-order valence-electron chi connectivity index (χ1n) is 10.8. The van der Waals surface area contributed by atoms with Gasteiger partial charge in [-0.1, -0.05) is 12.1 Å². The van der Waals surface area contributed by atoms with Crippen LogP contribution in [-0.4, -0.2) is 34.6 Å². The predicted octanol–water partition coefficient (Wildman–Crippen LogP) is 4.15. The number of pyridine rings is 1. The van der Waals surface area contributed by atoms with Gasteiger partial charge in [0.2, 0.25) is 0 Å². The number of nitrogens with zero attached hydrogens (tertiary/aromatic N) is 3. The molecule has 3 N–H and O–H groups in total. The summed E-state index contributed by atoms with van der Waals surface area (Å²) >= 11 is 0. The van der Waals surface area contributed by atoms with E-state index >= 15 is 0 Å². The van der Waals surface area contributed by atoms with Crippen LogP contribution in [0.25, 0.3) is 10.9 Å². The molecule has 8 heteroatoms. The van der Waals surface area contributed by atoms with E-state index in [0.29, 0.717) is 27.8 Å². The van der Waals surface area contributed by atoms with Crippen LogP contribution in [0.1, 0.15) is 22.5 Å². The summed E-state index contributed by atoms with van der Waals surface area (Å²) in [4.78, 5) is 19.7. The molecule has 2 aromatic carbocycles. The van der Waals surface area contributed by atoms with E-state index in [2.05, 4.69) is 15.2 Å². The second-order valence-corrected chi connectivity index (χ2v) is 8.30. The van der Waals surface area contributed by atoms with E-state index in [1.54, 1.807) is 41.1 Å². The number of anilines is 2. The Balaban J connectivity index is 1.43. The van der Waals surface area contributed by atoms with E-state index in [4.69, 9.17) is 5.73 Å². The molecule has 0 unspecified atom stereocenters. The van der Waals surface area contributed by atoms with E-state index < -0.39 is 5.82 Å².